The van der Waals surface area contributed by atoms with Gasteiger partial charge in [-0.3, -0.25) is 4.79 Å². The summed E-state index contributed by atoms with van der Waals surface area (Å²) in [6.07, 6.45) is 6.46. The molecule has 0 atom stereocenters. The molecule has 0 fully saturated rings. The molecule has 0 aliphatic rings. The lowest BCUT2D eigenvalue weighted by atomic mass is 10.0. The molecular formula is C38H43N3O2. The third-order valence-corrected chi connectivity index (χ3v) is 7.99. The Morgan fingerprint density at radius 1 is 0.744 bits per heavy atom. The van der Waals surface area contributed by atoms with E-state index in [-0.39, 0.29) is 5.91 Å². The van der Waals surface area contributed by atoms with Gasteiger partial charge in [-0.2, -0.15) is 0 Å². The van der Waals surface area contributed by atoms with Crippen molar-refractivity contribution in [3.63, 3.8) is 0 Å². The molecule has 222 valence electrons. The molecule has 1 amide bonds. The number of aromatic nitrogens is 2. The number of carbonyl (C=O) groups is 1. The fraction of sp³-hybridized carbons (Fsp3) is 0.316. The number of aryl methyl sites for hydroxylation is 4. The molecule has 1 aromatic heterocycles. The van der Waals surface area contributed by atoms with Gasteiger partial charge in [-0.15, -0.1) is 0 Å². The lowest BCUT2D eigenvalue weighted by Gasteiger charge is -2.13. The molecule has 0 aliphatic heterocycles. The minimum absolute atomic E-state index is 0.0795. The summed E-state index contributed by atoms with van der Waals surface area (Å²) in [6, 6.07) is 33.3. The molecule has 5 nitrogen and oxygen atoms in total. The van der Waals surface area contributed by atoms with Gasteiger partial charge in [-0.05, 0) is 79.5 Å². The van der Waals surface area contributed by atoms with Crippen molar-refractivity contribution < 1.29 is 9.53 Å². The molecule has 43 heavy (non-hydrogen) atoms. The summed E-state index contributed by atoms with van der Waals surface area (Å²) in [4.78, 5) is 17.5. The second-order valence-electron chi connectivity index (χ2n) is 11.3. The summed E-state index contributed by atoms with van der Waals surface area (Å²) in [7, 11) is 0. The fourth-order valence-corrected chi connectivity index (χ4v) is 5.65. The van der Waals surface area contributed by atoms with Gasteiger partial charge in [0, 0.05) is 19.5 Å². The smallest absolute Gasteiger partial charge is 0.224 e. The summed E-state index contributed by atoms with van der Waals surface area (Å²) in [5.74, 6) is 2.25. The molecule has 5 heteroatoms. The Morgan fingerprint density at radius 2 is 1.47 bits per heavy atom. The van der Waals surface area contributed by atoms with Crippen LogP contribution in [-0.4, -0.2) is 28.6 Å². The van der Waals surface area contributed by atoms with Crippen LogP contribution in [0.15, 0.2) is 97.1 Å². The van der Waals surface area contributed by atoms with Crippen LogP contribution < -0.4 is 10.1 Å². The topological polar surface area (TPSA) is 56.1 Å². The molecule has 5 aromatic rings. The molecule has 0 saturated carbocycles. The van der Waals surface area contributed by atoms with Crippen molar-refractivity contribution in [2.45, 2.75) is 65.3 Å². The maximum Gasteiger partial charge on any atom is 0.224 e. The first-order chi connectivity index (χ1) is 21.1. The van der Waals surface area contributed by atoms with Crippen LogP contribution in [0.3, 0.4) is 0 Å². The van der Waals surface area contributed by atoms with Gasteiger partial charge in [0.1, 0.15) is 11.6 Å². The lowest BCUT2D eigenvalue weighted by Crippen LogP contribution is -2.26. The first kappa shape index (κ1) is 30.1. The number of rotatable bonds is 15. The highest BCUT2D eigenvalue weighted by Gasteiger charge is 2.11. The van der Waals surface area contributed by atoms with Gasteiger partial charge in [0.05, 0.1) is 24.1 Å². The van der Waals surface area contributed by atoms with E-state index in [9.17, 15) is 4.79 Å². The Labute approximate surface area is 255 Å². The molecular weight excluding hydrogens is 530 g/mol. The summed E-state index contributed by atoms with van der Waals surface area (Å²) in [6.45, 7) is 6.57. The molecule has 0 bridgehead atoms. The van der Waals surface area contributed by atoms with Gasteiger partial charge in [-0.1, -0.05) is 91.3 Å². The standard InChI is InChI=1S/C38H43N3O2/c1-29-14-13-15-30(2)38(29)43-27-12-11-26-41-35-19-9-8-18-34(35)40-36(41)20-7-4-10-25-39-37(42)28-31-21-23-33(24-22-31)32-16-5-3-6-17-32/h3,5-6,8-9,13-19,21-24H,4,7,10-12,20,25-28H2,1-2H3,(H,39,42). The molecule has 0 radical (unpaired) electrons. The summed E-state index contributed by atoms with van der Waals surface area (Å²) < 4.78 is 8.51. The Bertz CT molecular complexity index is 1590. The molecule has 1 heterocycles. The Balaban J connectivity index is 1.03. The van der Waals surface area contributed by atoms with E-state index in [1.165, 1.54) is 27.8 Å². The van der Waals surface area contributed by atoms with Crippen LogP contribution in [-0.2, 0) is 24.2 Å². The Kier molecular flexibility index (Phi) is 10.6. The predicted molar refractivity (Wildman–Crippen MR) is 177 cm³/mol. The van der Waals surface area contributed by atoms with Crippen LogP contribution in [0.1, 0.15) is 54.6 Å². The molecule has 5 rings (SSSR count). The van der Waals surface area contributed by atoms with E-state index in [4.69, 9.17) is 9.72 Å². The van der Waals surface area contributed by atoms with E-state index in [0.717, 1.165) is 74.3 Å². The zero-order valence-electron chi connectivity index (χ0n) is 25.5. The van der Waals surface area contributed by atoms with Gasteiger partial charge >= 0.3 is 0 Å². The maximum absolute atomic E-state index is 12.5. The van der Waals surface area contributed by atoms with Crippen LogP contribution in [0.2, 0.25) is 0 Å². The Morgan fingerprint density at radius 3 is 2.26 bits per heavy atom. The number of benzene rings is 4. The van der Waals surface area contributed by atoms with Crippen LogP contribution >= 0.6 is 0 Å². The summed E-state index contributed by atoms with van der Waals surface area (Å²) >= 11 is 0. The number of imidazole rings is 1. The van der Waals surface area contributed by atoms with Crippen molar-refractivity contribution in [2.75, 3.05) is 13.2 Å². The zero-order chi connectivity index (χ0) is 29.9. The first-order valence-electron chi connectivity index (χ1n) is 15.6. The summed E-state index contributed by atoms with van der Waals surface area (Å²) in [5.41, 5.74) is 8.04. The quantitative estimate of drug-likeness (QED) is 0.128. The van der Waals surface area contributed by atoms with E-state index >= 15 is 0 Å². The van der Waals surface area contributed by atoms with E-state index in [2.05, 4.69) is 90.5 Å². The van der Waals surface area contributed by atoms with E-state index in [1.54, 1.807) is 0 Å². The van der Waals surface area contributed by atoms with Crippen molar-refractivity contribution in [3.8, 4) is 16.9 Å². The number of fused-ring (bicyclic) bond motifs is 1. The predicted octanol–water partition coefficient (Wildman–Crippen LogP) is 8.25. The second kappa shape index (κ2) is 15.2. The second-order valence-corrected chi connectivity index (χ2v) is 11.3. The fourth-order valence-electron chi connectivity index (χ4n) is 5.65. The van der Waals surface area contributed by atoms with Crippen molar-refractivity contribution in [3.05, 3.63) is 120 Å². The van der Waals surface area contributed by atoms with Crippen LogP contribution in [0.4, 0.5) is 0 Å². The number of carbonyl (C=O) groups excluding carboxylic acids is 1. The first-order valence-corrected chi connectivity index (χ1v) is 15.6. The van der Waals surface area contributed by atoms with Gasteiger partial charge in [-0.25, -0.2) is 4.98 Å². The number of hydrogen-bond acceptors (Lipinski definition) is 3. The number of amides is 1. The van der Waals surface area contributed by atoms with Gasteiger partial charge < -0.3 is 14.6 Å². The van der Waals surface area contributed by atoms with Crippen molar-refractivity contribution in [1.29, 1.82) is 0 Å². The third kappa shape index (κ3) is 8.35. The number of ether oxygens (including phenoxy) is 1. The summed E-state index contributed by atoms with van der Waals surface area (Å²) in [5, 5.41) is 3.10. The average molecular weight is 574 g/mol. The van der Waals surface area contributed by atoms with Gasteiger partial charge in [0.15, 0.2) is 0 Å². The van der Waals surface area contributed by atoms with Crippen LogP contribution in [0, 0.1) is 13.8 Å². The SMILES string of the molecule is Cc1cccc(C)c1OCCCCn1c(CCCCCNC(=O)Cc2ccc(-c3ccccc3)cc2)nc2ccccc21. The third-order valence-electron chi connectivity index (χ3n) is 7.99. The highest BCUT2D eigenvalue weighted by atomic mass is 16.5. The normalized spacial score (nSPS) is 11.1. The average Bonchev–Trinajstić information content (AvgIpc) is 3.38. The number of hydrogen-bond donors (Lipinski definition) is 1. The van der Waals surface area contributed by atoms with E-state index < -0.39 is 0 Å². The van der Waals surface area contributed by atoms with Crippen LogP contribution in [0.5, 0.6) is 5.75 Å². The largest absolute Gasteiger partial charge is 0.493 e. The lowest BCUT2D eigenvalue weighted by molar-refractivity contribution is -0.120. The zero-order valence-corrected chi connectivity index (χ0v) is 25.5. The number of unbranched alkanes of at least 4 members (excludes halogenated alkanes) is 3. The molecule has 1 N–H and O–H groups in total. The van der Waals surface area contributed by atoms with Gasteiger partial charge in [0.25, 0.3) is 0 Å². The highest BCUT2D eigenvalue weighted by Crippen LogP contribution is 2.23. The van der Waals surface area contributed by atoms with Gasteiger partial charge in [0.2, 0.25) is 5.91 Å². The van der Waals surface area contributed by atoms with Crippen molar-refractivity contribution in [2.24, 2.45) is 0 Å². The molecule has 0 saturated heterocycles. The Hall–Kier alpha value is -4.38. The number of nitrogens with one attached hydrogen (secondary N) is 1. The molecule has 4 aromatic carbocycles. The van der Waals surface area contributed by atoms with E-state index in [1.807, 2.05) is 30.3 Å². The number of nitrogens with zero attached hydrogens (tertiary/aromatic N) is 2. The van der Waals surface area contributed by atoms with Crippen molar-refractivity contribution >= 4 is 16.9 Å². The molecule has 0 unspecified atom stereocenters. The molecule has 0 spiro atoms. The number of para-hydroxylation sites is 3. The minimum Gasteiger partial charge on any atom is -0.493 e. The maximum atomic E-state index is 12.5. The van der Waals surface area contributed by atoms with Crippen molar-refractivity contribution in [1.82, 2.24) is 14.9 Å². The molecule has 0 aliphatic carbocycles. The van der Waals surface area contributed by atoms with Crippen LogP contribution in [0.25, 0.3) is 22.2 Å². The monoisotopic (exact) mass is 573 g/mol. The minimum atomic E-state index is 0.0795. The highest BCUT2D eigenvalue weighted by molar-refractivity contribution is 5.79. The van der Waals surface area contributed by atoms with E-state index in [0.29, 0.717) is 13.0 Å².